The van der Waals surface area contributed by atoms with Crippen molar-refractivity contribution < 1.29 is 9.53 Å². The van der Waals surface area contributed by atoms with E-state index in [-0.39, 0.29) is 12.0 Å². The molecule has 1 atom stereocenters. The summed E-state index contributed by atoms with van der Waals surface area (Å²) < 4.78 is 4.89. The topological polar surface area (TPSA) is 52.3 Å². The Kier molecular flexibility index (Phi) is 5.43. The van der Waals surface area contributed by atoms with Crippen LogP contribution in [0.5, 0.6) is 0 Å². The van der Waals surface area contributed by atoms with Crippen LogP contribution in [0.2, 0.25) is 0 Å². The molecule has 2 N–H and O–H groups in total. The second-order valence-electron chi connectivity index (χ2n) is 3.92. The van der Waals surface area contributed by atoms with Crippen molar-refractivity contribution in [3.63, 3.8) is 0 Å². The van der Waals surface area contributed by atoms with Gasteiger partial charge in [0.15, 0.2) is 0 Å². The highest BCUT2D eigenvalue weighted by Gasteiger charge is 2.07. The van der Waals surface area contributed by atoms with Crippen molar-refractivity contribution in [1.29, 1.82) is 0 Å². The van der Waals surface area contributed by atoms with Crippen LogP contribution < -0.4 is 5.73 Å². The van der Waals surface area contributed by atoms with E-state index in [1.54, 1.807) is 19.9 Å². The van der Waals surface area contributed by atoms with E-state index in [9.17, 15) is 4.79 Å². The van der Waals surface area contributed by atoms with Crippen LogP contribution in [0.15, 0.2) is 42.0 Å². The van der Waals surface area contributed by atoms with E-state index in [4.69, 9.17) is 10.5 Å². The smallest absolute Gasteiger partial charge is 0.333 e. The van der Waals surface area contributed by atoms with Crippen LogP contribution in [0, 0.1) is 0 Å². The van der Waals surface area contributed by atoms with Gasteiger partial charge in [0.2, 0.25) is 0 Å². The summed E-state index contributed by atoms with van der Waals surface area (Å²) in [5, 5.41) is 0. The molecular weight excluding hydrogens is 214 g/mol. The highest BCUT2D eigenvalue weighted by atomic mass is 16.5. The largest absolute Gasteiger partial charge is 0.463 e. The fraction of sp³-hybridized carbons (Fsp3) is 0.357. The Bertz CT molecular complexity index is 384. The van der Waals surface area contributed by atoms with Crippen LogP contribution in [0.25, 0.3) is 0 Å². The van der Waals surface area contributed by atoms with E-state index >= 15 is 0 Å². The van der Waals surface area contributed by atoms with Gasteiger partial charge in [-0.2, -0.15) is 0 Å². The molecule has 0 bridgehead atoms. The molecule has 0 amide bonds. The van der Waals surface area contributed by atoms with Gasteiger partial charge in [-0.3, -0.25) is 0 Å². The summed E-state index contributed by atoms with van der Waals surface area (Å²) in [5.74, 6) is -0.295. The number of carbonyl (C=O) groups excluding carboxylic acids is 1. The van der Waals surface area contributed by atoms with Crippen molar-refractivity contribution in [2.24, 2.45) is 5.73 Å². The maximum Gasteiger partial charge on any atom is 0.333 e. The van der Waals surface area contributed by atoms with Crippen molar-refractivity contribution in [1.82, 2.24) is 0 Å². The second kappa shape index (κ2) is 6.86. The molecule has 0 aromatic heterocycles. The zero-order valence-corrected chi connectivity index (χ0v) is 10.3. The minimum atomic E-state index is -0.295. The molecule has 3 heteroatoms. The predicted octanol–water partition coefficient (Wildman–Crippen LogP) is 2.07. The first-order valence-corrected chi connectivity index (χ1v) is 5.78. The second-order valence-corrected chi connectivity index (χ2v) is 3.92. The standard InChI is InChI=1S/C14H19NO2/c1-3-17-14(16)11(2)9-13(15)10-12-7-5-4-6-8-12/h4-9,13H,3,10,15H2,1-2H3/t13-/m1/s1. The SMILES string of the molecule is CCOC(=O)C(C)=C[C@@H](N)Cc1ccccc1. The van der Waals surface area contributed by atoms with E-state index in [0.29, 0.717) is 12.2 Å². The molecule has 3 nitrogen and oxygen atoms in total. The van der Waals surface area contributed by atoms with Gasteiger partial charge in [0.05, 0.1) is 6.61 Å². The van der Waals surface area contributed by atoms with Gasteiger partial charge in [0, 0.05) is 11.6 Å². The summed E-state index contributed by atoms with van der Waals surface area (Å²) in [6.45, 7) is 3.90. The lowest BCUT2D eigenvalue weighted by molar-refractivity contribution is -0.138. The number of ether oxygens (including phenoxy) is 1. The number of carbonyl (C=O) groups is 1. The van der Waals surface area contributed by atoms with Gasteiger partial charge >= 0.3 is 5.97 Å². The lowest BCUT2D eigenvalue weighted by Crippen LogP contribution is -2.21. The van der Waals surface area contributed by atoms with E-state index in [2.05, 4.69) is 0 Å². The number of rotatable bonds is 5. The molecule has 17 heavy (non-hydrogen) atoms. The van der Waals surface area contributed by atoms with Crippen LogP contribution in [0.1, 0.15) is 19.4 Å². The first-order valence-electron chi connectivity index (χ1n) is 5.78. The summed E-state index contributed by atoms with van der Waals surface area (Å²) in [6, 6.07) is 9.80. The lowest BCUT2D eigenvalue weighted by Gasteiger charge is -2.08. The third kappa shape index (κ3) is 4.83. The summed E-state index contributed by atoms with van der Waals surface area (Å²) in [6.07, 6.45) is 2.47. The zero-order chi connectivity index (χ0) is 12.7. The van der Waals surface area contributed by atoms with Gasteiger partial charge in [-0.25, -0.2) is 4.79 Å². The molecule has 0 aliphatic rings. The summed E-state index contributed by atoms with van der Waals surface area (Å²) in [5.41, 5.74) is 7.68. The quantitative estimate of drug-likeness (QED) is 0.625. The van der Waals surface area contributed by atoms with E-state index in [0.717, 1.165) is 12.0 Å². The Labute approximate surface area is 102 Å². The molecule has 0 aliphatic heterocycles. The number of hydrogen-bond donors (Lipinski definition) is 1. The van der Waals surface area contributed by atoms with Crippen molar-refractivity contribution in [3.05, 3.63) is 47.5 Å². The Balaban J connectivity index is 2.56. The molecule has 1 aromatic rings. The molecular formula is C14H19NO2. The molecule has 0 saturated carbocycles. The zero-order valence-electron chi connectivity index (χ0n) is 10.3. The molecule has 0 radical (unpaired) electrons. The van der Waals surface area contributed by atoms with Crippen molar-refractivity contribution >= 4 is 5.97 Å². The molecule has 1 aromatic carbocycles. The van der Waals surface area contributed by atoms with E-state index < -0.39 is 0 Å². The third-order valence-corrected chi connectivity index (χ3v) is 2.38. The predicted molar refractivity (Wildman–Crippen MR) is 68.5 cm³/mol. The Morgan fingerprint density at radius 3 is 2.65 bits per heavy atom. The average Bonchev–Trinajstić information content (AvgIpc) is 2.30. The number of nitrogens with two attached hydrogens (primary N) is 1. The number of hydrogen-bond acceptors (Lipinski definition) is 3. The minimum absolute atomic E-state index is 0.165. The first-order chi connectivity index (χ1) is 8.13. The van der Waals surface area contributed by atoms with Crippen LogP contribution >= 0.6 is 0 Å². The highest BCUT2D eigenvalue weighted by Crippen LogP contribution is 2.05. The van der Waals surface area contributed by atoms with E-state index in [1.165, 1.54) is 0 Å². The summed E-state index contributed by atoms with van der Waals surface area (Å²) >= 11 is 0. The first kappa shape index (κ1) is 13.5. The maximum absolute atomic E-state index is 11.4. The molecule has 1 rings (SSSR count). The van der Waals surface area contributed by atoms with E-state index in [1.807, 2.05) is 30.3 Å². The normalized spacial score (nSPS) is 13.2. The number of benzene rings is 1. The monoisotopic (exact) mass is 233 g/mol. The average molecular weight is 233 g/mol. The molecule has 0 spiro atoms. The van der Waals surface area contributed by atoms with Crippen LogP contribution in [0.3, 0.4) is 0 Å². The Hall–Kier alpha value is -1.61. The highest BCUT2D eigenvalue weighted by molar-refractivity contribution is 5.87. The molecule has 0 saturated heterocycles. The molecule has 0 heterocycles. The summed E-state index contributed by atoms with van der Waals surface area (Å²) in [4.78, 5) is 11.4. The van der Waals surface area contributed by atoms with Gasteiger partial charge < -0.3 is 10.5 Å². The minimum Gasteiger partial charge on any atom is -0.463 e. The molecule has 0 aliphatic carbocycles. The Morgan fingerprint density at radius 2 is 2.06 bits per heavy atom. The molecule has 92 valence electrons. The van der Waals surface area contributed by atoms with Crippen LogP contribution in [-0.4, -0.2) is 18.6 Å². The Morgan fingerprint density at radius 1 is 1.41 bits per heavy atom. The van der Waals surface area contributed by atoms with Gasteiger partial charge in [-0.15, -0.1) is 0 Å². The van der Waals surface area contributed by atoms with Gasteiger partial charge in [-0.1, -0.05) is 36.4 Å². The van der Waals surface area contributed by atoms with Crippen molar-refractivity contribution in [2.45, 2.75) is 26.3 Å². The van der Waals surface area contributed by atoms with Gasteiger partial charge in [-0.05, 0) is 25.8 Å². The molecule has 0 unspecified atom stereocenters. The van der Waals surface area contributed by atoms with Gasteiger partial charge in [0.1, 0.15) is 0 Å². The number of esters is 1. The summed E-state index contributed by atoms with van der Waals surface area (Å²) in [7, 11) is 0. The van der Waals surface area contributed by atoms with Crippen molar-refractivity contribution in [2.75, 3.05) is 6.61 Å². The maximum atomic E-state index is 11.4. The van der Waals surface area contributed by atoms with Crippen LogP contribution in [-0.2, 0) is 16.0 Å². The fourth-order valence-electron chi connectivity index (χ4n) is 1.58. The fourth-order valence-corrected chi connectivity index (χ4v) is 1.58. The van der Waals surface area contributed by atoms with Gasteiger partial charge in [0.25, 0.3) is 0 Å². The van der Waals surface area contributed by atoms with Crippen LogP contribution in [0.4, 0.5) is 0 Å². The molecule has 0 fully saturated rings. The lowest BCUT2D eigenvalue weighted by atomic mass is 10.0. The van der Waals surface area contributed by atoms with Crippen molar-refractivity contribution in [3.8, 4) is 0 Å². The third-order valence-electron chi connectivity index (χ3n) is 2.38.